The number of hydrogen-bond acceptors (Lipinski definition) is 6. The van der Waals surface area contributed by atoms with Gasteiger partial charge in [-0.2, -0.15) is 0 Å². The Morgan fingerprint density at radius 1 is 0.350 bits per heavy atom. The molecule has 0 saturated carbocycles. The largest absolute Gasteiger partial charge is 3.00 e. The van der Waals surface area contributed by atoms with E-state index in [-0.39, 0.29) is 42.9 Å². The average Bonchev–Trinajstić information content (AvgIpc) is 2.96. The molecule has 6 aromatic carbocycles. The number of fused-ring (bicyclic) bond motifs is 3. The minimum absolute atomic E-state index is 0. The van der Waals surface area contributed by atoms with E-state index in [1.807, 2.05) is 72.8 Å². The Bertz CT molecular complexity index is 1580. The minimum Gasteiger partial charge on any atom is -0.545 e. The molecule has 0 saturated heterocycles. The maximum atomic E-state index is 10.7. The maximum absolute atomic E-state index is 10.7. The average molecular weight is 723 g/mol. The van der Waals surface area contributed by atoms with Gasteiger partial charge in [0.1, 0.15) is 0 Å². The number of hydrogen-bond donors (Lipinski definition) is 0. The standard InChI is InChI=1S/3C11H8O2.Bi/c3*12-11(13)10-7-3-5-8-4-1-2-6-9(8)10;/h3*1-7H,(H,12,13);/q;;;+3/p-3. The number of carbonyl (C=O) groups is 3. The van der Waals surface area contributed by atoms with Crippen molar-refractivity contribution in [1.29, 1.82) is 0 Å². The van der Waals surface area contributed by atoms with Crippen LogP contribution in [0.5, 0.6) is 0 Å². The first-order chi connectivity index (χ1) is 18.9. The number of carboxylic acids is 3. The molecule has 0 aliphatic rings. The van der Waals surface area contributed by atoms with Gasteiger partial charge in [-0.25, -0.2) is 0 Å². The van der Waals surface area contributed by atoms with Crippen LogP contribution in [0.4, 0.5) is 0 Å². The first-order valence-electron chi connectivity index (χ1n) is 11.9. The molecule has 0 fully saturated rings. The van der Waals surface area contributed by atoms with Crippen molar-refractivity contribution in [2.45, 2.75) is 0 Å². The van der Waals surface area contributed by atoms with Crippen LogP contribution in [0.25, 0.3) is 32.3 Å². The summed E-state index contributed by atoms with van der Waals surface area (Å²) in [6, 6.07) is 37.5. The molecule has 0 N–H and O–H groups in total. The van der Waals surface area contributed by atoms with Crippen molar-refractivity contribution in [2.75, 3.05) is 0 Å². The molecular formula is C33H21BiO6. The number of carbonyl (C=O) groups excluding carboxylic acids is 3. The quantitative estimate of drug-likeness (QED) is 0.259. The summed E-state index contributed by atoms with van der Waals surface area (Å²) in [5, 5.41) is 37.1. The Balaban J connectivity index is 0.000000163. The van der Waals surface area contributed by atoms with Crippen LogP contribution in [0.2, 0.25) is 0 Å². The van der Waals surface area contributed by atoms with Crippen molar-refractivity contribution in [3.8, 4) is 0 Å². The molecule has 7 heteroatoms. The van der Waals surface area contributed by atoms with Crippen molar-refractivity contribution in [2.24, 2.45) is 0 Å². The predicted octanol–water partition coefficient (Wildman–Crippen LogP) is 3.23. The van der Waals surface area contributed by atoms with Crippen LogP contribution in [0.1, 0.15) is 31.1 Å². The molecule has 0 amide bonds. The van der Waals surface area contributed by atoms with E-state index in [1.165, 1.54) is 0 Å². The number of rotatable bonds is 3. The topological polar surface area (TPSA) is 120 Å². The van der Waals surface area contributed by atoms with Gasteiger partial charge in [-0.05, 0) is 32.3 Å². The van der Waals surface area contributed by atoms with Gasteiger partial charge in [0.2, 0.25) is 0 Å². The van der Waals surface area contributed by atoms with E-state index in [9.17, 15) is 29.7 Å². The van der Waals surface area contributed by atoms with Crippen molar-refractivity contribution < 1.29 is 29.7 Å². The van der Waals surface area contributed by atoms with Crippen LogP contribution >= 0.6 is 0 Å². The molecule has 6 nitrogen and oxygen atoms in total. The molecule has 0 bridgehead atoms. The molecule has 0 atom stereocenters. The van der Waals surface area contributed by atoms with Gasteiger partial charge < -0.3 is 29.7 Å². The zero-order valence-corrected chi connectivity index (χ0v) is 24.5. The Hall–Kier alpha value is -4.61. The van der Waals surface area contributed by atoms with Gasteiger partial charge in [0.15, 0.2) is 0 Å². The van der Waals surface area contributed by atoms with E-state index in [2.05, 4.69) is 0 Å². The minimum atomic E-state index is -1.13. The van der Waals surface area contributed by atoms with Crippen molar-refractivity contribution in [3.05, 3.63) is 144 Å². The van der Waals surface area contributed by atoms with Crippen LogP contribution in [0.3, 0.4) is 0 Å². The van der Waals surface area contributed by atoms with Crippen LogP contribution in [-0.4, -0.2) is 44.1 Å². The summed E-state index contributed by atoms with van der Waals surface area (Å²) in [6.07, 6.45) is 0. The fourth-order valence-electron chi connectivity index (χ4n) is 4.21. The Labute approximate surface area is 249 Å². The molecule has 40 heavy (non-hydrogen) atoms. The van der Waals surface area contributed by atoms with Gasteiger partial charge in [0.25, 0.3) is 0 Å². The van der Waals surface area contributed by atoms with E-state index < -0.39 is 17.9 Å². The zero-order chi connectivity index (χ0) is 27.8. The van der Waals surface area contributed by atoms with Crippen LogP contribution in [-0.2, 0) is 0 Å². The molecule has 0 aromatic heterocycles. The fraction of sp³-hybridized carbons (Fsp3) is 0. The zero-order valence-electron chi connectivity index (χ0n) is 21.0. The van der Waals surface area contributed by atoms with E-state index in [0.29, 0.717) is 0 Å². The molecule has 0 unspecified atom stereocenters. The van der Waals surface area contributed by atoms with E-state index in [4.69, 9.17) is 0 Å². The second kappa shape index (κ2) is 14.0. The van der Waals surface area contributed by atoms with Crippen molar-refractivity contribution >= 4 is 76.4 Å². The smallest absolute Gasteiger partial charge is 0.545 e. The van der Waals surface area contributed by atoms with Crippen LogP contribution in [0, 0.1) is 0 Å². The third kappa shape index (κ3) is 7.07. The first-order valence-corrected chi connectivity index (χ1v) is 11.9. The molecular weight excluding hydrogens is 701 g/mol. The molecule has 0 aliphatic heterocycles. The molecule has 6 aromatic rings. The number of benzene rings is 6. The van der Waals surface area contributed by atoms with Gasteiger partial charge in [-0.15, -0.1) is 0 Å². The summed E-state index contributed by atoms with van der Waals surface area (Å²) >= 11 is 0. The SMILES string of the molecule is O=C([O-])c1cccc2ccccc12.O=C([O-])c1cccc2ccccc12.O=C([O-])c1cccc2ccccc12.[Bi+3]. The van der Waals surface area contributed by atoms with Gasteiger partial charge in [0, 0.05) is 16.7 Å². The van der Waals surface area contributed by atoms with Gasteiger partial charge >= 0.3 is 26.2 Å². The summed E-state index contributed by atoms with van der Waals surface area (Å²) in [5.41, 5.74) is 0.745. The predicted molar refractivity (Wildman–Crippen MR) is 151 cm³/mol. The molecule has 0 aliphatic carbocycles. The van der Waals surface area contributed by atoms with E-state index in [0.717, 1.165) is 32.3 Å². The maximum Gasteiger partial charge on any atom is 3.00 e. The summed E-state index contributed by atoms with van der Waals surface area (Å²) < 4.78 is 0. The van der Waals surface area contributed by atoms with Crippen LogP contribution in [0.15, 0.2) is 127 Å². The van der Waals surface area contributed by atoms with E-state index >= 15 is 0 Å². The Morgan fingerprint density at radius 3 is 0.825 bits per heavy atom. The van der Waals surface area contributed by atoms with E-state index in [1.54, 1.807) is 54.6 Å². The normalized spacial score (nSPS) is 9.90. The second-order valence-corrected chi connectivity index (χ2v) is 8.44. The molecule has 2 radical (unpaired) electrons. The monoisotopic (exact) mass is 722 g/mol. The third-order valence-corrected chi connectivity index (χ3v) is 6.03. The van der Waals surface area contributed by atoms with Crippen LogP contribution < -0.4 is 15.3 Å². The Kier molecular flexibility index (Phi) is 10.5. The second-order valence-electron chi connectivity index (χ2n) is 8.44. The molecule has 0 heterocycles. The van der Waals surface area contributed by atoms with Crippen molar-refractivity contribution in [1.82, 2.24) is 0 Å². The molecule has 6 rings (SSSR count). The van der Waals surface area contributed by atoms with Crippen molar-refractivity contribution in [3.63, 3.8) is 0 Å². The summed E-state index contributed by atoms with van der Waals surface area (Å²) in [5.74, 6) is -3.38. The first kappa shape index (κ1) is 29.9. The summed E-state index contributed by atoms with van der Waals surface area (Å²) in [4.78, 5) is 32.1. The van der Waals surface area contributed by atoms with Gasteiger partial charge in [0.05, 0.1) is 17.9 Å². The Morgan fingerprint density at radius 2 is 0.575 bits per heavy atom. The van der Waals surface area contributed by atoms with Gasteiger partial charge in [-0.3, -0.25) is 0 Å². The number of carboxylic acid groups (broad SMARTS) is 3. The molecule has 194 valence electrons. The number of aromatic carboxylic acids is 3. The summed E-state index contributed by atoms with van der Waals surface area (Å²) in [6.45, 7) is 0. The van der Waals surface area contributed by atoms with Gasteiger partial charge in [-0.1, -0.05) is 127 Å². The summed E-state index contributed by atoms with van der Waals surface area (Å²) in [7, 11) is 0. The third-order valence-electron chi connectivity index (χ3n) is 6.03. The molecule has 0 spiro atoms. The fourth-order valence-corrected chi connectivity index (χ4v) is 4.21.